The number of anilines is 1. The van der Waals surface area contributed by atoms with Crippen molar-refractivity contribution in [2.45, 2.75) is 104 Å². The lowest BCUT2D eigenvalue weighted by atomic mass is 10.0. The van der Waals surface area contributed by atoms with Gasteiger partial charge in [0.15, 0.2) is 6.10 Å². The van der Waals surface area contributed by atoms with Gasteiger partial charge in [0.05, 0.1) is 12.7 Å². The van der Waals surface area contributed by atoms with E-state index in [0.717, 1.165) is 12.3 Å². The van der Waals surface area contributed by atoms with Crippen molar-refractivity contribution < 1.29 is 56.1 Å². The molecule has 1 aromatic heterocycles. The molecule has 50 heavy (non-hydrogen) atoms. The number of carbonyl (C=O) groups excluding carboxylic acids is 3. The lowest BCUT2D eigenvalue weighted by molar-refractivity contribution is -0.149. The maximum absolute atomic E-state index is 15.3. The summed E-state index contributed by atoms with van der Waals surface area (Å²) in [6.45, 7) is 11.9. The summed E-state index contributed by atoms with van der Waals surface area (Å²) in [6, 6.07) is 6.37. The molecule has 1 aliphatic heterocycles. The molecule has 0 radical (unpaired) electrons. The number of benzene rings is 1. The second-order valence-electron chi connectivity index (χ2n) is 13.0. The predicted molar refractivity (Wildman–Crippen MR) is 174 cm³/mol. The molecule has 19 heteroatoms. The van der Waals surface area contributed by atoms with E-state index in [0.29, 0.717) is 4.57 Å². The molecule has 3 rings (SSSR count). The van der Waals surface area contributed by atoms with Crippen molar-refractivity contribution in [1.29, 1.82) is 0 Å². The van der Waals surface area contributed by atoms with Gasteiger partial charge in [-0.05, 0) is 65.7 Å². The highest BCUT2D eigenvalue weighted by molar-refractivity contribution is 7.52. The summed E-state index contributed by atoms with van der Waals surface area (Å²) in [7, 11) is -4.51. The van der Waals surface area contributed by atoms with Gasteiger partial charge >= 0.3 is 31.4 Å². The van der Waals surface area contributed by atoms with Crippen molar-refractivity contribution >= 4 is 31.5 Å². The Balaban J connectivity index is 1.76. The molecular formula is C31H44F2N5O11P. The quantitative estimate of drug-likeness (QED) is 0.162. The Hall–Kier alpha value is -3.96. The monoisotopic (exact) mass is 731 g/mol. The smallest absolute Gasteiger partial charge is 0.459 e. The number of aliphatic hydroxyl groups excluding tert-OH is 1. The predicted octanol–water partition coefficient (Wildman–Crippen LogP) is 3.76. The van der Waals surface area contributed by atoms with Crippen LogP contribution in [0, 0.1) is 5.92 Å². The molecule has 2 amide bonds. The van der Waals surface area contributed by atoms with E-state index >= 15 is 8.78 Å². The number of nitrogens with one attached hydrogen (secondary N) is 3. The molecule has 0 aliphatic carbocycles. The lowest BCUT2D eigenvalue weighted by Crippen LogP contribution is -2.48. The molecule has 1 saturated heterocycles. The maximum Gasteiger partial charge on any atom is 0.459 e. The molecule has 1 aliphatic rings. The number of alkyl halides is 2. The van der Waals surface area contributed by atoms with Crippen molar-refractivity contribution in [3.8, 4) is 5.75 Å². The number of nitrogens with zero attached hydrogens (tertiary/aromatic N) is 2. The van der Waals surface area contributed by atoms with Gasteiger partial charge in [0.2, 0.25) is 12.1 Å². The van der Waals surface area contributed by atoms with E-state index in [1.54, 1.807) is 66.7 Å². The third-order valence-electron chi connectivity index (χ3n) is 6.77. The first-order valence-corrected chi connectivity index (χ1v) is 17.2. The standard InChI is InChI=1S/C31H44F2N5O11P/c1-17(2)23(36-29(43)48-30(6,7)8)25(40)34-22-14-15-38(28(42)35-22)27-31(32,33)24(39)21(47-27)16-45-50(44,49-20-12-10-9-11-13-20)37-19(5)26(41)46-18(3)4/h9-15,17-19,21,23-24,27,39H,16H2,1-8H3,(H,36,43)(H,37,44)(H,34,35,40,42)/t19-,21+,23+,24+,27+,50-/m0/s1. The summed E-state index contributed by atoms with van der Waals surface area (Å²) < 4.78 is 71.3. The Labute approximate surface area is 287 Å². The number of para-hydroxylation sites is 1. The first-order valence-electron chi connectivity index (χ1n) is 15.7. The number of amides is 2. The van der Waals surface area contributed by atoms with Crippen LogP contribution < -0.4 is 25.9 Å². The molecule has 0 spiro atoms. The second kappa shape index (κ2) is 16.4. The van der Waals surface area contributed by atoms with E-state index in [4.69, 9.17) is 23.3 Å². The van der Waals surface area contributed by atoms with Crippen LogP contribution in [-0.2, 0) is 32.9 Å². The molecular weight excluding hydrogens is 687 g/mol. The topological polar surface area (TPSA) is 206 Å². The molecule has 278 valence electrons. The number of alkyl carbamates (subject to hydrolysis) is 1. The van der Waals surface area contributed by atoms with Gasteiger partial charge in [-0.3, -0.25) is 18.7 Å². The van der Waals surface area contributed by atoms with Crippen LogP contribution >= 0.6 is 7.75 Å². The lowest BCUT2D eigenvalue weighted by Gasteiger charge is -2.25. The number of ether oxygens (including phenoxy) is 3. The van der Waals surface area contributed by atoms with Crippen LogP contribution in [0.15, 0.2) is 47.4 Å². The number of halogens is 2. The Morgan fingerprint density at radius 3 is 2.30 bits per heavy atom. The van der Waals surface area contributed by atoms with Gasteiger partial charge in [0, 0.05) is 6.20 Å². The van der Waals surface area contributed by atoms with E-state index in [-0.39, 0.29) is 11.6 Å². The summed E-state index contributed by atoms with van der Waals surface area (Å²) in [4.78, 5) is 54.1. The van der Waals surface area contributed by atoms with Crippen molar-refractivity contribution in [2.75, 3.05) is 11.9 Å². The largest absolute Gasteiger partial charge is 0.462 e. The zero-order chi connectivity index (χ0) is 37.6. The van der Waals surface area contributed by atoms with Crippen LogP contribution in [-0.4, -0.2) is 81.2 Å². The highest BCUT2D eigenvalue weighted by atomic mass is 31.2. The van der Waals surface area contributed by atoms with Crippen LogP contribution in [0.3, 0.4) is 0 Å². The fourth-order valence-electron chi connectivity index (χ4n) is 4.45. The average Bonchev–Trinajstić information content (AvgIpc) is 3.21. The summed E-state index contributed by atoms with van der Waals surface area (Å²) >= 11 is 0. The summed E-state index contributed by atoms with van der Waals surface area (Å²) in [5.74, 6) is -6.33. The Morgan fingerprint density at radius 1 is 1.10 bits per heavy atom. The van der Waals surface area contributed by atoms with E-state index in [1.165, 1.54) is 19.1 Å². The number of hydrogen-bond acceptors (Lipinski definition) is 12. The molecule has 1 fully saturated rings. The van der Waals surface area contributed by atoms with Gasteiger partial charge in [-0.1, -0.05) is 32.0 Å². The van der Waals surface area contributed by atoms with Gasteiger partial charge in [-0.15, -0.1) is 0 Å². The Kier molecular flexibility index (Phi) is 13.3. The van der Waals surface area contributed by atoms with E-state index in [2.05, 4.69) is 20.7 Å². The number of rotatable bonds is 14. The highest BCUT2D eigenvalue weighted by Crippen LogP contribution is 2.48. The molecule has 0 unspecified atom stereocenters. The fraction of sp³-hybridized carbons (Fsp3) is 0.581. The minimum Gasteiger partial charge on any atom is -0.462 e. The van der Waals surface area contributed by atoms with Crippen LogP contribution in [0.5, 0.6) is 5.75 Å². The number of hydrogen-bond donors (Lipinski definition) is 4. The number of aromatic nitrogens is 2. The normalized spacial score (nSPS) is 21.2. The van der Waals surface area contributed by atoms with Gasteiger partial charge in [-0.2, -0.15) is 18.9 Å². The zero-order valence-corrected chi connectivity index (χ0v) is 29.8. The van der Waals surface area contributed by atoms with Crippen molar-refractivity contribution in [2.24, 2.45) is 5.92 Å². The van der Waals surface area contributed by atoms with E-state index in [9.17, 15) is 28.8 Å². The van der Waals surface area contributed by atoms with E-state index < -0.39 is 92.1 Å². The highest BCUT2D eigenvalue weighted by Gasteiger charge is 2.60. The molecule has 6 atom stereocenters. The third kappa shape index (κ3) is 11.0. The van der Waals surface area contributed by atoms with E-state index in [1.807, 2.05) is 0 Å². The minimum atomic E-state index is -4.51. The van der Waals surface area contributed by atoms with Gasteiger partial charge in [0.1, 0.15) is 35.4 Å². The summed E-state index contributed by atoms with van der Waals surface area (Å²) in [6.07, 6.45) is -7.27. The summed E-state index contributed by atoms with van der Waals surface area (Å²) in [5.41, 5.74) is -2.11. The van der Waals surface area contributed by atoms with Gasteiger partial charge in [0.25, 0.3) is 0 Å². The minimum absolute atomic E-state index is 0.0500. The molecule has 2 aromatic rings. The molecule has 2 heterocycles. The van der Waals surface area contributed by atoms with Crippen molar-refractivity contribution in [3.05, 3.63) is 53.1 Å². The number of aliphatic hydroxyl groups is 1. The van der Waals surface area contributed by atoms with Gasteiger partial charge < -0.3 is 34.5 Å². The molecule has 0 saturated carbocycles. The zero-order valence-electron chi connectivity index (χ0n) is 28.9. The molecule has 16 nitrogen and oxygen atoms in total. The first kappa shape index (κ1) is 40.5. The molecule has 0 bridgehead atoms. The first-order chi connectivity index (χ1) is 23.1. The average molecular weight is 732 g/mol. The Morgan fingerprint density at radius 2 is 1.74 bits per heavy atom. The van der Waals surface area contributed by atoms with Crippen LogP contribution in [0.4, 0.5) is 19.4 Å². The Bertz CT molecular complexity index is 1600. The van der Waals surface area contributed by atoms with Crippen LogP contribution in [0.2, 0.25) is 0 Å². The SMILES string of the molecule is CC(C)OC(=O)[C@H](C)N[P@](=O)(OC[C@H]1O[C@@H](n2ccc(NC(=O)[C@H](NC(=O)OC(C)(C)C)C(C)C)nc2=O)C(F)(F)[C@@H]1O)Oc1ccccc1. The molecule has 1 aromatic carbocycles. The number of carbonyl (C=O) groups is 3. The van der Waals surface area contributed by atoms with Crippen molar-refractivity contribution in [3.63, 3.8) is 0 Å². The molecule has 4 N–H and O–H groups in total. The van der Waals surface area contributed by atoms with Gasteiger partial charge in [-0.25, -0.2) is 14.2 Å². The van der Waals surface area contributed by atoms with Crippen LogP contribution in [0.25, 0.3) is 0 Å². The third-order valence-corrected chi connectivity index (χ3v) is 8.41. The second-order valence-corrected chi connectivity index (χ2v) is 14.7. The fourth-order valence-corrected chi connectivity index (χ4v) is 5.95. The van der Waals surface area contributed by atoms with Crippen molar-refractivity contribution in [1.82, 2.24) is 20.0 Å². The summed E-state index contributed by atoms with van der Waals surface area (Å²) in [5, 5.41) is 17.7. The number of esters is 1. The van der Waals surface area contributed by atoms with Crippen LogP contribution in [0.1, 0.15) is 61.6 Å². The maximum atomic E-state index is 15.3.